The van der Waals surface area contributed by atoms with Crippen molar-refractivity contribution in [3.8, 4) is 0 Å². The molecule has 0 aliphatic heterocycles. The molecule has 0 radical (unpaired) electrons. The van der Waals surface area contributed by atoms with Crippen LogP contribution in [0.25, 0.3) is 0 Å². The monoisotopic (exact) mass is 199 g/mol. The van der Waals surface area contributed by atoms with E-state index in [-0.39, 0.29) is 0 Å². The minimum Gasteiger partial charge on any atom is -0.381 e. The fraction of sp³-hybridized carbons (Fsp3) is 1.00. The fourth-order valence-electron chi connectivity index (χ4n) is 1.76. The molecule has 1 fully saturated rings. The molecule has 1 aliphatic carbocycles. The minimum atomic E-state index is 0.913. The van der Waals surface area contributed by atoms with Gasteiger partial charge in [0.05, 0.1) is 0 Å². The highest BCUT2D eigenvalue weighted by molar-refractivity contribution is 4.83. The summed E-state index contributed by atoms with van der Waals surface area (Å²) in [5.74, 6) is 0. The number of rotatable bonds is 9. The molecule has 0 bridgehead atoms. The summed E-state index contributed by atoms with van der Waals surface area (Å²) in [5.41, 5.74) is 0. The van der Waals surface area contributed by atoms with E-state index in [2.05, 4.69) is 18.7 Å². The number of hydrogen-bond donors (Lipinski definition) is 0. The highest BCUT2D eigenvalue weighted by atomic mass is 16.5. The molecule has 2 nitrogen and oxygen atoms in total. The second-order valence-electron chi connectivity index (χ2n) is 4.18. The Bertz CT molecular complexity index is 134. The van der Waals surface area contributed by atoms with Gasteiger partial charge in [0.15, 0.2) is 0 Å². The van der Waals surface area contributed by atoms with Gasteiger partial charge < -0.3 is 9.64 Å². The molecule has 0 aromatic carbocycles. The maximum Gasteiger partial charge on any atom is 0.0478 e. The first-order valence-corrected chi connectivity index (χ1v) is 6.20. The van der Waals surface area contributed by atoms with Crippen molar-refractivity contribution in [2.24, 2.45) is 0 Å². The van der Waals surface area contributed by atoms with Crippen LogP contribution in [0.2, 0.25) is 0 Å². The van der Waals surface area contributed by atoms with Crippen LogP contribution in [-0.4, -0.2) is 37.2 Å². The van der Waals surface area contributed by atoms with Gasteiger partial charge in [0.25, 0.3) is 0 Å². The third-order valence-corrected chi connectivity index (χ3v) is 2.85. The van der Waals surface area contributed by atoms with Gasteiger partial charge in [-0.3, -0.25) is 0 Å². The zero-order chi connectivity index (χ0) is 10.2. The zero-order valence-electron chi connectivity index (χ0n) is 9.80. The van der Waals surface area contributed by atoms with Crippen LogP contribution in [-0.2, 0) is 4.74 Å². The first kappa shape index (κ1) is 12.0. The van der Waals surface area contributed by atoms with E-state index in [4.69, 9.17) is 4.74 Å². The van der Waals surface area contributed by atoms with E-state index in [1.807, 2.05) is 0 Å². The molecule has 0 amide bonds. The summed E-state index contributed by atoms with van der Waals surface area (Å²) in [6.07, 6.45) is 6.49. The summed E-state index contributed by atoms with van der Waals surface area (Å²) < 4.78 is 5.54. The molecule has 0 N–H and O–H groups in total. The van der Waals surface area contributed by atoms with Crippen LogP contribution >= 0.6 is 0 Å². The Morgan fingerprint density at radius 3 is 2.43 bits per heavy atom. The van der Waals surface area contributed by atoms with E-state index in [0.717, 1.165) is 19.3 Å². The Balaban J connectivity index is 1.86. The minimum absolute atomic E-state index is 0.913. The number of hydrogen-bond acceptors (Lipinski definition) is 2. The number of ether oxygens (including phenoxy) is 1. The molecule has 14 heavy (non-hydrogen) atoms. The molecule has 1 aliphatic rings. The van der Waals surface area contributed by atoms with Crippen LogP contribution < -0.4 is 0 Å². The first-order valence-electron chi connectivity index (χ1n) is 6.20. The topological polar surface area (TPSA) is 12.5 Å². The van der Waals surface area contributed by atoms with Crippen molar-refractivity contribution in [3.05, 3.63) is 0 Å². The van der Waals surface area contributed by atoms with E-state index >= 15 is 0 Å². The normalized spacial score (nSPS) is 16.5. The van der Waals surface area contributed by atoms with E-state index in [1.165, 1.54) is 45.2 Å². The van der Waals surface area contributed by atoms with Crippen LogP contribution in [0.15, 0.2) is 0 Å². The lowest BCUT2D eigenvalue weighted by atomic mass is 10.3. The second-order valence-corrected chi connectivity index (χ2v) is 4.18. The Kier molecular flexibility index (Phi) is 6.20. The second kappa shape index (κ2) is 7.24. The lowest BCUT2D eigenvalue weighted by molar-refractivity contribution is 0.117. The maximum absolute atomic E-state index is 5.54. The van der Waals surface area contributed by atoms with Crippen molar-refractivity contribution in [3.63, 3.8) is 0 Å². The summed E-state index contributed by atoms with van der Waals surface area (Å²) in [4.78, 5) is 2.59. The highest BCUT2D eigenvalue weighted by Crippen LogP contribution is 2.26. The average molecular weight is 199 g/mol. The van der Waals surface area contributed by atoms with Gasteiger partial charge >= 0.3 is 0 Å². The largest absolute Gasteiger partial charge is 0.381 e. The van der Waals surface area contributed by atoms with Crippen LogP contribution in [0.1, 0.15) is 46.0 Å². The van der Waals surface area contributed by atoms with Crippen molar-refractivity contribution in [2.45, 2.75) is 52.0 Å². The van der Waals surface area contributed by atoms with Crippen LogP contribution in [0.3, 0.4) is 0 Å². The lowest BCUT2D eigenvalue weighted by Crippen LogP contribution is -2.27. The van der Waals surface area contributed by atoms with E-state index < -0.39 is 0 Å². The molecular weight excluding hydrogens is 174 g/mol. The van der Waals surface area contributed by atoms with Gasteiger partial charge in [-0.05, 0) is 32.2 Å². The Hall–Kier alpha value is -0.0800. The molecule has 0 aromatic rings. The predicted molar refractivity (Wildman–Crippen MR) is 60.6 cm³/mol. The Labute approximate surface area is 88.6 Å². The first-order chi connectivity index (χ1) is 6.88. The molecule has 1 rings (SSSR count). The van der Waals surface area contributed by atoms with Crippen molar-refractivity contribution in [1.29, 1.82) is 0 Å². The molecule has 0 spiro atoms. The van der Waals surface area contributed by atoms with Crippen molar-refractivity contribution < 1.29 is 4.74 Å². The smallest absolute Gasteiger partial charge is 0.0478 e. The molecule has 0 saturated heterocycles. The fourth-order valence-corrected chi connectivity index (χ4v) is 1.76. The maximum atomic E-state index is 5.54. The molecule has 2 heteroatoms. The van der Waals surface area contributed by atoms with Gasteiger partial charge in [-0.1, -0.05) is 20.3 Å². The van der Waals surface area contributed by atoms with Crippen LogP contribution in [0.5, 0.6) is 0 Å². The Morgan fingerprint density at radius 1 is 1.14 bits per heavy atom. The molecule has 0 unspecified atom stereocenters. The van der Waals surface area contributed by atoms with Gasteiger partial charge in [-0.15, -0.1) is 0 Å². The predicted octanol–water partition coefficient (Wildman–Crippen LogP) is 2.68. The molecular formula is C12H25NO. The molecule has 84 valence electrons. The summed E-state index contributed by atoms with van der Waals surface area (Å²) in [6.45, 7) is 8.80. The van der Waals surface area contributed by atoms with E-state index in [0.29, 0.717) is 0 Å². The zero-order valence-corrected chi connectivity index (χ0v) is 9.80. The molecule has 0 atom stereocenters. The SMILES string of the molecule is CCCCOCCCN(CC)C1CC1. The van der Waals surface area contributed by atoms with Gasteiger partial charge in [-0.2, -0.15) is 0 Å². The highest BCUT2D eigenvalue weighted by Gasteiger charge is 2.26. The number of nitrogens with zero attached hydrogens (tertiary/aromatic N) is 1. The van der Waals surface area contributed by atoms with Crippen molar-refractivity contribution in [2.75, 3.05) is 26.3 Å². The van der Waals surface area contributed by atoms with Crippen molar-refractivity contribution in [1.82, 2.24) is 4.90 Å². The van der Waals surface area contributed by atoms with Gasteiger partial charge in [0.2, 0.25) is 0 Å². The van der Waals surface area contributed by atoms with Gasteiger partial charge in [-0.25, -0.2) is 0 Å². The average Bonchev–Trinajstić information content (AvgIpc) is 3.01. The van der Waals surface area contributed by atoms with E-state index in [9.17, 15) is 0 Å². The summed E-state index contributed by atoms with van der Waals surface area (Å²) in [5, 5.41) is 0. The molecule has 0 aromatic heterocycles. The van der Waals surface area contributed by atoms with Crippen molar-refractivity contribution >= 4 is 0 Å². The summed E-state index contributed by atoms with van der Waals surface area (Å²) in [7, 11) is 0. The third kappa shape index (κ3) is 4.97. The van der Waals surface area contributed by atoms with E-state index in [1.54, 1.807) is 0 Å². The van der Waals surface area contributed by atoms with Crippen LogP contribution in [0, 0.1) is 0 Å². The quantitative estimate of drug-likeness (QED) is 0.529. The molecule has 0 heterocycles. The molecule has 1 saturated carbocycles. The Morgan fingerprint density at radius 2 is 1.86 bits per heavy atom. The third-order valence-electron chi connectivity index (χ3n) is 2.85. The number of unbranched alkanes of at least 4 members (excludes halogenated alkanes) is 1. The van der Waals surface area contributed by atoms with Gasteiger partial charge in [0.1, 0.15) is 0 Å². The lowest BCUT2D eigenvalue weighted by Gasteiger charge is -2.19. The summed E-state index contributed by atoms with van der Waals surface area (Å²) >= 11 is 0. The van der Waals surface area contributed by atoms with Crippen LogP contribution in [0.4, 0.5) is 0 Å². The van der Waals surface area contributed by atoms with Gasteiger partial charge in [0, 0.05) is 25.8 Å². The standard InChI is InChI=1S/C12H25NO/c1-3-5-10-14-11-6-9-13(4-2)12-7-8-12/h12H,3-11H2,1-2H3. The summed E-state index contributed by atoms with van der Waals surface area (Å²) in [6, 6.07) is 0.913.